The van der Waals surface area contributed by atoms with Gasteiger partial charge in [0.15, 0.2) is 0 Å². The molecule has 2 fully saturated rings. The van der Waals surface area contributed by atoms with Gasteiger partial charge in [0.2, 0.25) is 0 Å². The third kappa shape index (κ3) is 5.16. The minimum atomic E-state index is 0.511. The Balaban J connectivity index is 1.50. The van der Waals surface area contributed by atoms with Crippen LogP contribution in [0.1, 0.15) is 32.1 Å². The summed E-state index contributed by atoms with van der Waals surface area (Å²) in [5.74, 6) is 0. The molecule has 2 aliphatic heterocycles. The van der Waals surface area contributed by atoms with E-state index in [4.69, 9.17) is 4.74 Å². The van der Waals surface area contributed by atoms with Gasteiger partial charge in [-0.1, -0.05) is 15.9 Å². The molecule has 2 heterocycles. The third-order valence-electron chi connectivity index (χ3n) is 4.11. The van der Waals surface area contributed by atoms with E-state index in [0.717, 1.165) is 11.9 Å². The Morgan fingerprint density at radius 3 is 2.17 bits per heavy atom. The maximum Gasteiger partial charge on any atom is 0.0599 e. The molecule has 0 N–H and O–H groups in total. The summed E-state index contributed by atoms with van der Waals surface area (Å²) in [5, 5.41) is 0.961. The van der Waals surface area contributed by atoms with Gasteiger partial charge in [-0.3, -0.25) is 0 Å². The minimum absolute atomic E-state index is 0.511. The maximum atomic E-state index is 5.78. The molecule has 2 aliphatic rings. The molecule has 18 heavy (non-hydrogen) atoms. The smallest absolute Gasteiger partial charge is 0.0599 e. The Bertz CT molecular complexity index is 214. The highest BCUT2D eigenvalue weighted by Crippen LogP contribution is 2.14. The largest absolute Gasteiger partial charge is 0.377 e. The van der Waals surface area contributed by atoms with Crippen LogP contribution in [0.4, 0.5) is 0 Å². The highest BCUT2D eigenvalue weighted by molar-refractivity contribution is 9.09. The summed E-state index contributed by atoms with van der Waals surface area (Å²) in [5.41, 5.74) is 0. The number of alkyl halides is 1. The molecule has 106 valence electrons. The average molecular weight is 319 g/mol. The zero-order valence-corrected chi connectivity index (χ0v) is 13.0. The zero-order chi connectivity index (χ0) is 12.6. The molecule has 4 heteroatoms. The number of hydrogen-bond donors (Lipinski definition) is 0. The minimum Gasteiger partial charge on any atom is -0.377 e. The monoisotopic (exact) mass is 318 g/mol. The van der Waals surface area contributed by atoms with E-state index in [1.54, 1.807) is 0 Å². The fourth-order valence-corrected chi connectivity index (χ4v) is 3.22. The highest BCUT2D eigenvalue weighted by Gasteiger charge is 2.19. The second-order valence-electron chi connectivity index (χ2n) is 5.50. The Morgan fingerprint density at radius 1 is 0.944 bits per heavy atom. The molecule has 0 radical (unpaired) electrons. The van der Waals surface area contributed by atoms with Crippen molar-refractivity contribution < 1.29 is 4.74 Å². The van der Waals surface area contributed by atoms with Crippen LogP contribution in [0.25, 0.3) is 0 Å². The molecule has 0 bridgehead atoms. The van der Waals surface area contributed by atoms with Gasteiger partial charge < -0.3 is 14.5 Å². The third-order valence-corrected chi connectivity index (χ3v) is 4.44. The summed E-state index contributed by atoms with van der Waals surface area (Å²) >= 11 is 3.41. The normalized spacial score (nSPS) is 23.8. The molecule has 0 aliphatic carbocycles. The van der Waals surface area contributed by atoms with Crippen molar-refractivity contribution in [1.29, 1.82) is 0 Å². The molecule has 0 spiro atoms. The number of piperidine rings is 1. The van der Waals surface area contributed by atoms with Crippen LogP contribution in [0.3, 0.4) is 0 Å². The van der Waals surface area contributed by atoms with Gasteiger partial charge in [0.1, 0.15) is 0 Å². The van der Waals surface area contributed by atoms with Crippen LogP contribution in [-0.2, 0) is 4.74 Å². The van der Waals surface area contributed by atoms with Crippen LogP contribution in [0.2, 0.25) is 0 Å². The van der Waals surface area contributed by atoms with Gasteiger partial charge in [-0.2, -0.15) is 0 Å². The molecular formula is C14H27BrN2O. The molecule has 0 saturated carbocycles. The van der Waals surface area contributed by atoms with Crippen LogP contribution in [0.15, 0.2) is 0 Å². The average Bonchev–Trinajstić information content (AvgIpc) is 2.91. The Labute approximate surface area is 120 Å². The first-order valence-corrected chi connectivity index (χ1v) is 8.63. The van der Waals surface area contributed by atoms with Crippen molar-refractivity contribution in [3.63, 3.8) is 0 Å². The van der Waals surface area contributed by atoms with Crippen LogP contribution in [0, 0.1) is 0 Å². The SMILES string of the molecule is BrCCOC1CCN(CCCN2CCCC2)CC1. The van der Waals surface area contributed by atoms with Gasteiger partial charge >= 0.3 is 0 Å². The summed E-state index contributed by atoms with van der Waals surface area (Å²) in [6.07, 6.45) is 7.12. The van der Waals surface area contributed by atoms with Crippen LogP contribution in [-0.4, -0.2) is 67.1 Å². The number of rotatable bonds is 7. The molecule has 0 aromatic rings. The van der Waals surface area contributed by atoms with E-state index in [9.17, 15) is 0 Å². The molecule has 0 amide bonds. The van der Waals surface area contributed by atoms with E-state index in [2.05, 4.69) is 25.7 Å². The first-order chi connectivity index (χ1) is 8.88. The van der Waals surface area contributed by atoms with E-state index in [0.29, 0.717) is 6.10 Å². The zero-order valence-electron chi connectivity index (χ0n) is 11.5. The summed E-state index contributed by atoms with van der Waals surface area (Å²) < 4.78 is 5.78. The van der Waals surface area contributed by atoms with E-state index < -0.39 is 0 Å². The van der Waals surface area contributed by atoms with Crippen molar-refractivity contribution in [3.05, 3.63) is 0 Å². The molecular weight excluding hydrogens is 292 g/mol. The first-order valence-electron chi connectivity index (χ1n) is 7.51. The second-order valence-corrected chi connectivity index (χ2v) is 6.30. The van der Waals surface area contributed by atoms with E-state index in [1.807, 2.05) is 0 Å². The first kappa shape index (κ1) is 14.8. The van der Waals surface area contributed by atoms with Gasteiger partial charge in [-0.15, -0.1) is 0 Å². The van der Waals surface area contributed by atoms with E-state index in [-0.39, 0.29) is 0 Å². The van der Waals surface area contributed by atoms with Crippen molar-refractivity contribution in [2.24, 2.45) is 0 Å². The quantitative estimate of drug-likeness (QED) is 0.670. The van der Waals surface area contributed by atoms with Crippen molar-refractivity contribution in [1.82, 2.24) is 9.80 Å². The number of halogens is 1. The van der Waals surface area contributed by atoms with Crippen LogP contribution in [0.5, 0.6) is 0 Å². The summed E-state index contributed by atoms with van der Waals surface area (Å²) in [4.78, 5) is 5.23. The Morgan fingerprint density at radius 2 is 1.56 bits per heavy atom. The highest BCUT2D eigenvalue weighted by atomic mass is 79.9. The van der Waals surface area contributed by atoms with Gasteiger partial charge in [0.25, 0.3) is 0 Å². The van der Waals surface area contributed by atoms with Gasteiger partial charge in [0.05, 0.1) is 12.7 Å². The Hall–Kier alpha value is 0.360. The van der Waals surface area contributed by atoms with Gasteiger partial charge in [0, 0.05) is 18.4 Å². The molecule has 0 aromatic heterocycles. The summed E-state index contributed by atoms with van der Waals surface area (Å²) in [6, 6.07) is 0. The lowest BCUT2D eigenvalue weighted by atomic mass is 10.1. The lowest BCUT2D eigenvalue weighted by Gasteiger charge is -2.32. The lowest BCUT2D eigenvalue weighted by molar-refractivity contribution is 0.0153. The number of hydrogen-bond acceptors (Lipinski definition) is 3. The second kappa shape index (κ2) is 8.51. The fraction of sp³-hybridized carbons (Fsp3) is 1.00. The number of likely N-dealkylation sites (tertiary alicyclic amines) is 2. The number of ether oxygens (including phenoxy) is 1. The lowest BCUT2D eigenvalue weighted by Crippen LogP contribution is -2.38. The van der Waals surface area contributed by atoms with E-state index >= 15 is 0 Å². The fourth-order valence-electron chi connectivity index (χ4n) is 3.03. The van der Waals surface area contributed by atoms with Gasteiger partial charge in [-0.25, -0.2) is 0 Å². The standard InChI is InChI=1S/C14H27BrN2O/c15-6-13-18-14-4-11-17(12-5-14)10-3-9-16-7-1-2-8-16/h14H,1-13H2. The molecule has 0 atom stereocenters. The predicted octanol–water partition coefficient (Wildman–Crippen LogP) is 2.35. The molecule has 0 aromatic carbocycles. The predicted molar refractivity (Wildman–Crippen MR) is 79.5 cm³/mol. The van der Waals surface area contributed by atoms with Crippen molar-refractivity contribution in [3.8, 4) is 0 Å². The summed E-state index contributed by atoms with van der Waals surface area (Å²) in [7, 11) is 0. The topological polar surface area (TPSA) is 15.7 Å². The van der Waals surface area contributed by atoms with Crippen LogP contribution >= 0.6 is 15.9 Å². The van der Waals surface area contributed by atoms with Crippen LogP contribution < -0.4 is 0 Å². The number of nitrogens with zero attached hydrogens (tertiary/aromatic N) is 2. The van der Waals surface area contributed by atoms with Crippen molar-refractivity contribution in [2.45, 2.75) is 38.2 Å². The van der Waals surface area contributed by atoms with Crippen molar-refractivity contribution >= 4 is 15.9 Å². The maximum absolute atomic E-state index is 5.78. The molecule has 2 rings (SSSR count). The molecule has 2 saturated heterocycles. The van der Waals surface area contributed by atoms with Gasteiger partial charge in [-0.05, 0) is 58.3 Å². The molecule has 3 nitrogen and oxygen atoms in total. The van der Waals surface area contributed by atoms with Crippen molar-refractivity contribution in [2.75, 3.05) is 51.2 Å². The summed E-state index contributed by atoms with van der Waals surface area (Å²) in [6.45, 7) is 8.58. The Kier molecular flexibility index (Phi) is 6.98. The molecule has 0 unspecified atom stereocenters. The van der Waals surface area contributed by atoms with E-state index in [1.165, 1.54) is 71.4 Å².